The Bertz CT molecular complexity index is 456. The van der Waals surface area contributed by atoms with Crippen LogP contribution >= 0.6 is 0 Å². The maximum Gasteiger partial charge on any atom is 0.172 e. The van der Waals surface area contributed by atoms with Gasteiger partial charge in [-0.1, -0.05) is 32.3 Å². The van der Waals surface area contributed by atoms with Crippen LogP contribution in [0.2, 0.25) is 0 Å². The predicted octanol–water partition coefficient (Wildman–Crippen LogP) is 4.23. The topological polar surface area (TPSA) is 26.3 Å². The van der Waals surface area contributed by atoms with Crippen LogP contribution in [0, 0.1) is 17.7 Å². The first-order valence-electron chi connectivity index (χ1n) is 7.05. The Morgan fingerprint density at radius 3 is 2.79 bits per heavy atom. The highest BCUT2D eigenvalue weighted by atomic mass is 19.1. The fourth-order valence-electron chi connectivity index (χ4n) is 3.14. The second-order valence-corrected chi connectivity index (χ2v) is 5.24. The van der Waals surface area contributed by atoms with Crippen molar-refractivity contribution in [2.75, 3.05) is 7.11 Å². The number of Topliss-reactive ketones (excluding diaryl/α,β-unsaturated/α-hetero) is 1. The maximum absolute atomic E-state index is 14.0. The minimum Gasteiger partial charge on any atom is -0.496 e. The lowest BCUT2D eigenvalue weighted by molar-refractivity contribution is 0.0812. The fourth-order valence-corrected chi connectivity index (χ4v) is 3.14. The van der Waals surface area contributed by atoms with Crippen molar-refractivity contribution in [1.29, 1.82) is 0 Å². The van der Waals surface area contributed by atoms with E-state index in [1.54, 1.807) is 12.1 Å². The molecular weight excluding hydrogens is 243 g/mol. The quantitative estimate of drug-likeness (QED) is 0.760. The van der Waals surface area contributed by atoms with E-state index >= 15 is 0 Å². The molecule has 0 spiro atoms. The molecule has 2 rings (SSSR count). The van der Waals surface area contributed by atoms with Gasteiger partial charge in [-0.05, 0) is 30.9 Å². The molecule has 104 valence electrons. The molecule has 2 nitrogen and oxygen atoms in total. The highest BCUT2D eigenvalue weighted by Crippen LogP contribution is 2.36. The highest BCUT2D eigenvalue weighted by Gasteiger charge is 2.33. The van der Waals surface area contributed by atoms with E-state index < -0.39 is 5.82 Å². The molecule has 0 saturated heterocycles. The molecule has 0 amide bonds. The Labute approximate surface area is 114 Å². The van der Waals surface area contributed by atoms with Gasteiger partial charge in [0.15, 0.2) is 5.78 Å². The first-order chi connectivity index (χ1) is 9.19. The summed E-state index contributed by atoms with van der Waals surface area (Å²) in [4.78, 5) is 12.6. The van der Waals surface area contributed by atoms with Gasteiger partial charge in [0.25, 0.3) is 0 Å². The maximum atomic E-state index is 14.0. The van der Waals surface area contributed by atoms with Crippen LogP contribution in [0.1, 0.15) is 49.4 Å². The SMILES string of the molecule is CCC1CCCCC1C(=O)c1c(F)cccc1OC. The van der Waals surface area contributed by atoms with Crippen LogP contribution in [0.15, 0.2) is 18.2 Å². The van der Waals surface area contributed by atoms with E-state index in [4.69, 9.17) is 4.74 Å². The third kappa shape index (κ3) is 2.80. The zero-order valence-corrected chi connectivity index (χ0v) is 11.6. The summed E-state index contributed by atoms with van der Waals surface area (Å²) in [5, 5.41) is 0. The van der Waals surface area contributed by atoms with Crippen molar-refractivity contribution in [3.05, 3.63) is 29.6 Å². The van der Waals surface area contributed by atoms with Gasteiger partial charge in [-0.2, -0.15) is 0 Å². The van der Waals surface area contributed by atoms with Gasteiger partial charge in [0.1, 0.15) is 11.6 Å². The molecule has 3 heteroatoms. The van der Waals surface area contributed by atoms with Crippen molar-refractivity contribution < 1.29 is 13.9 Å². The normalized spacial score (nSPS) is 23.1. The number of methoxy groups -OCH3 is 1. The number of ether oxygens (including phenoxy) is 1. The number of ketones is 1. The number of carbonyl (C=O) groups is 1. The first-order valence-corrected chi connectivity index (χ1v) is 7.05. The Morgan fingerprint density at radius 1 is 1.37 bits per heavy atom. The lowest BCUT2D eigenvalue weighted by atomic mass is 9.74. The molecule has 2 unspecified atom stereocenters. The summed E-state index contributed by atoms with van der Waals surface area (Å²) in [7, 11) is 1.48. The highest BCUT2D eigenvalue weighted by molar-refractivity contribution is 6.00. The van der Waals surface area contributed by atoms with Crippen LogP contribution in [0.25, 0.3) is 0 Å². The Hall–Kier alpha value is -1.38. The van der Waals surface area contributed by atoms with Crippen molar-refractivity contribution in [2.45, 2.75) is 39.0 Å². The summed E-state index contributed by atoms with van der Waals surface area (Å²) in [5.41, 5.74) is 0.135. The van der Waals surface area contributed by atoms with Crippen LogP contribution in [0.5, 0.6) is 5.75 Å². The van der Waals surface area contributed by atoms with Crippen molar-refractivity contribution >= 4 is 5.78 Å². The number of hydrogen-bond acceptors (Lipinski definition) is 2. The Balaban J connectivity index is 2.32. The third-order valence-electron chi connectivity index (χ3n) is 4.21. The average Bonchev–Trinajstić information content (AvgIpc) is 2.46. The average molecular weight is 264 g/mol. The van der Waals surface area contributed by atoms with Crippen LogP contribution in [-0.4, -0.2) is 12.9 Å². The molecule has 2 atom stereocenters. The van der Waals surface area contributed by atoms with Crippen LogP contribution in [-0.2, 0) is 0 Å². The third-order valence-corrected chi connectivity index (χ3v) is 4.21. The summed E-state index contributed by atoms with van der Waals surface area (Å²) in [5.74, 6) is 0.131. The summed E-state index contributed by atoms with van der Waals surface area (Å²) in [6.07, 6.45) is 5.16. The molecule has 0 aromatic heterocycles. The number of rotatable bonds is 4. The summed E-state index contributed by atoms with van der Waals surface area (Å²) in [6, 6.07) is 4.56. The molecule has 0 heterocycles. The van der Waals surface area contributed by atoms with E-state index in [9.17, 15) is 9.18 Å². The standard InChI is InChI=1S/C16H21FO2/c1-3-11-7-4-5-8-12(11)16(18)15-13(17)9-6-10-14(15)19-2/h6,9-12H,3-5,7-8H2,1-2H3. The predicted molar refractivity (Wildman–Crippen MR) is 73.0 cm³/mol. The minimum absolute atomic E-state index is 0.0513. The monoisotopic (exact) mass is 264 g/mol. The van der Waals surface area contributed by atoms with Gasteiger partial charge >= 0.3 is 0 Å². The van der Waals surface area contributed by atoms with Crippen LogP contribution in [0.4, 0.5) is 4.39 Å². The van der Waals surface area contributed by atoms with Crippen molar-refractivity contribution in [3.63, 3.8) is 0 Å². The second kappa shape index (κ2) is 6.18. The molecule has 1 aliphatic carbocycles. The van der Waals surface area contributed by atoms with E-state index in [1.807, 2.05) is 0 Å². The van der Waals surface area contributed by atoms with Crippen molar-refractivity contribution in [3.8, 4) is 5.75 Å². The fraction of sp³-hybridized carbons (Fsp3) is 0.562. The lowest BCUT2D eigenvalue weighted by Gasteiger charge is -2.30. The largest absolute Gasteiger partial charge is 0.496 e. The Morgan fingerprint density at radius 2 is 2.11 bits per heavy atom. The number of hydrogen-bond donors (Lipinski definition) is 0. The second-order valence-electron chi connectivity index (χ2n) is 5.24. The lowest BCUT2D eigenvalue weighted by Crippen LogP contribution is -2.28. The van der Waals surface area contributed by atoms with Gasteiger partial charge in [0.05, 0.1) is 12.7 Å². The van der Waals surface area contributed by atoms with Crippen molar-refractivity contribution in [2.24, 2.45) is 11.8 Å². The minimum atomic E-state index is -0.468. The molecular formula is C16H21FO2. The van der Waals surface area contributed by atoms with Gasteiger partial charge in [-0.25, -0.2) is 4.39 Å². The van der Waals surface area contributed by atoms with Gasteiger partial charge in [-0.3, -0.25) is 4.79 Å². The van der Waals surface area contributed by atoms with Gasteiger partial charge in [-0.15, -0.1) is 0 Å². The van der Waals surface area contributed by atoms with Gasteiger partial charge < -0.3 is 4.74 Å². The zero-order valence-electron chi connectivity index (χ0n) is 11.6. The summed E-state index contributed by atoms with van der Waals surface area (Å²) >= 11 is 0. The van der Waals surface area contributed by atoms with Crippen LogP contribution in [0.3, 0.4) is 0 Å². The molecule has 1 aliphatic rings. The smallest absolute Gasteiger partial charge is 0.172 e. The number of halogens is 1. The van der Waals surface area contributed by atoms with E-state index in [0.717, 1.165) is 25.7 Å². The molecule has 0 N–H and O–H groups in total. The summed E-state index contributed by atoms with van der Waals surface area (Å²) in [6.45, 7) is 2.11. The van der Waals surface area contributed by atoms with E-state index in [2.05, 4.69) is 6.92 Å². The van der Waals surface area contributed by atoms with Gasteiger partial charge in [0, 0.05) is 5.92 Å². The molecule has 19 heavy (non-hydrogen) atoms. The molecule has 0 bridgehead atoms. The summed E-state index contributed by atoms with van der Waals surface area (Å²) < 4.78 is 19.1. The Kier molecular flexibility index (Phi) is 4.56. The molecule has 0 radical (unpaired) electrons. The molecule has 1 fully saturated rings. The molecule has 1 aromatic carbocycles. The van der Waals surface area contributed by atoms with E-state index in [0.29, 0.717) is 11.7 Å². The van der Waals surface area contributed by atoms with E-state index in [1.165, 1.54) is 19.6 Å². The zero-order chi connectivity index (χ0) is 13.8. The van der Waals surface area contributed by atoms with Crippen LogP contribution < -0.4 is 4.74 Å². The number of benzene rings is 1. The molecule has 1 saturated carbocycles. The molecule has 0 aliphatic heterocycles. The molecule has 1 aromatic rings. The first kappa shape index (κ1) is 14.0. The van der Waals surface area contributed by atoms with Gasteiger partial charge in [0.2, 0.25) is 0 Å². The van der Waals surface area contributed by atoms with E-state index in [-0.39, 0.29) is 17.3 Å². The van der Waals surface area contributed by atoms with Crippen molar-refractivity contribution in [1.82, 2.24) is 0 Å². The number of carbonyl (C=O) groups excluding carboxylic acids is 1.